The van der Waals surface area contributed by atoms with Gasteiger partial charge in [-0.3, -0.25) is 4.68 Å². The number of nitrogens with one attached hydrogen (secondary N) is 2. The van der Waals surface area contributed by atoms with Crippen molar-refractivity contribution < 1.29 is 0 Å². The van der Waals surface area contributed by atoms with Crippen molar-refractivity contribution in [1.29, 1.82) is 0 Å². The highest BCUT2D eigenvalue weighted by atomic mass is 15.3. The summed E-state index contributed by atoms with van der Waals surface area (Å²) in [5, 5.41) is 7.78. The number of hydrogen-bond donors (Lipinski definition) is 2. The lowest BCUT2D eigenvalue weighted by molar-refractivity contribution is 0.553. The lowest BCUT2D eigenvalue weighted by Gasteiger charge is -2.21. The number of imidazole rings is 1. The lowest BCUT2D eigenvalue weighted by Crippen LogP contribution is -2.30. The van der Waals surface area contributed by atoms with Crippen LogP contribution in [0.1, 0.15) is 23.0 Å². The molecule has 2 aromatic heterocycles. The molecule has 0 radical (unpaired) electrons. The van der Waals surface area contributed by atoms with Crippen molar-refractivity contribution in [2.24, 2.45) is 0 Å². The van der Waals surface area contributed by atoms with Gasteiger partial charge in [0.1, 0.15) is 0 Å². The van der Waals surface area contributed by atoms with Crippen LogP contribution in [-0.2, 0) is 13.0 Å². The molecular formula is C12H15N5. The second kappa shape index (κ2) is 4.18. The molecule has 88 valence electrons. The zero-order valence-electron chi connectivity index (χ0n) is 9.56. The van der Waals surface area contributed by atoms with E-state index in [-0.39, 0.29) is 6.04 Å². The lowest BCUT2D eigenvalue weighted by atomic mass is 10.0. The highest BCUT2D eigenvalue weighted by Crippen LogP contribution is 2.25. The van der Waals surface area contributed by atoms with Gasteiger partial charge in [0.15, 0.2) is 0 Å². The van der Waals surface area contributed by atoms with Crippen molar-refractivity contribution in [3.8, 4) is 0 Å². The van der Waals surface area contributed by atoms with E-state index < -0.39 is 0 Å². The van der Waals surface area contributed by atoms with Crippen molar-refractivity contribution in [1.82, 2.24) is 25.1 Å². The van der Waals surface area contributed by atoms with Gasteiger partial charge in [-0.2, -0.15) is 5.10 Å². The number of allylic oxidation sites excluding steroid dienone is 1. The largest absolute Gasteiger partial charge is 0.348 e. The Balaban J connectivity index is 1.92. The van der Waals surface area contributed by atoms with Gasteiger partial charge in [-0.15, -0.1) is 6.58 Å². The normalized spacial score (nSPS) is 18.9. The number of aromatic amines is 1. The maximum atomic E-state index is 4.39. The molecule has 0 aliphatic carbocycles. The SMILES string of the molecule is C=CCn1cc(C2NCCc3[nH]cnc32)cn1. The van der Waals surface area contributed by atoms with Crippen molar-refractivity contribution in [2.75, 3.05) is 6.54 Å². The van der Waals surface area contributed by atoms with Crippen LogP contribution in [0.4, 0.5) is 0 Å². The highest BCUT2D eigenvalue weighted by Gasteiger charge is 2.24. The standard InChI is InChI=1S/C12H15N5/c1-2-5-17-7-9(6-16-17)11-12-10(3-4-13-11)14-8-15-12/h2,6-8,11,13H,1,3-5H2,(H,14,15). The van der Waals surface area contributed by atoms with E-state index in [0.29, 0.717) is 0 Å². The number of rotatable bonds is 3. The van der Waals surface area contributed by atoms with E-state index in [9.17, 15) is 0 Å². The van der Waals surface area contributed by atoms with Crippen LogP contribution < -0.4 is 5.32 Å². The number of fused-ring (bicyclic) bond motifs is 1. The molecule has 2 aromatic rings. The molecule has 0 saturated carbocycles. The first-order valence-electron chi connectivity index (χ1n) is 5.77. The van der Waals surface area contributed by atoms with Crippen molar-refractivity contribution in [3.05, 3.63) is 48.3 Å². The van der Waals surface area contributed by atoms with Crippen LogP contribution in [0.5, 0.6) is 0 Å². The van der Waals surface area contributed by atoms with Gasteiger partial charge in [-0.25, -0.2) is 4.98 Å². The average Bonchev–Trinajstić information content (AvgIpc) is 2.96. The van der Waals surface area contributed by atoms with Crippen LogP contribution >= 0.6 is 0 Å². The quantitative estimate of drug-likeness (QED) is 0.773. The number of nitrogens with zero attached hydrogens (tertiary/aromatic N) is 3. The summed E-state index contributed by atoms with van der Waals surface area (Å²) in [6.45, 7) is 5.41. The van der Waals surface area contributed by atoms with Crippen LogP contribution in [0.3, 0.4) is 0 Å². The molecule has 0 aromatic carbocycles. The Morgan fingerprint density at radius 3 is 3.41 bits per heavy atom. The van der Waals surface area contributed by atoms with Crippen molar-refractivity contribution in [3.63, 3.8) is 0 Å². The zero-order valence-corrected chi connectivity index (χ0v) is 9.56. The van der Waals surface area contributed by atoms with Gasteiger partial charge in [-0.05, 0) is 0 Å². The average molecular weight is 229 g/mol. The third-order valence-corrected chi connectivity index (χ3v) is 3.05. The zero-order chi connectivity index (χ0) is 11.7. The van der Waals surface area contributed by atoms with E-state index in [1.165, 1.54) is 5.69 Å². The van der Waals surface area contributed by atoms with Gasteiger partial charge in [0.2, 0.25) is 0 Å². The maximum absolute atomic E-state index is 4.39. The molecule has 0 bridgehead atoms. The molecule has 1 atom stereocenters. The Morgan fingerprint density at radius 2 is 2.53 bits per heavy atom. The topological polar surface area (TPSA) is 58.5 Å². The minimum absolute atomic E-state index is 0.156. The monoisotopic (exact) mass is 229 g/mol. The third-order valence-electron chi connectivity index (χ3n) is 3.05. The molecule has 5 nitrogen and oxygen atoms in total. The first-order valence-corrected chi connectivity index (χ1v) is 5.77. The molecule has 3 heterocycles. The van der Waals surface area contributed by atoms with E-state index in [1.807, 2.05) is 23.2 Å². The molecule has 0 saturated heterocycles. The third kappa shape index (κ3) is 1.78. The fourth-order valence-electron chi connectivity index (χ4n) is 2.26. The summed E-state index contributed by atoms with van der Waals surface area (Å²) < 4.78 is 1.88. The van der Waals surface area contributed by atoms with E-state index >= 15 is 0 Å². The van der Waals surface area contributed by atoms with Gasteiger partial charge in [0.25, 0.3) is 0 Å². The molecular weight excluding hydrogens is 214 g/mol. The Bertz CT molecular complexity index is 524. The fourth-order valence-corrected chi connectivity index (χ4v) is 2.26. The molecule has 2 N–H and O–H groups in total. The van der Waals surface area contributed by atoms with E-state index in [1.54, 1.807) is 6.33 Å². The van der Waals surface area contributed by atoms with E-state index in [4.69, 9.17) is 0 Å². The maximum Gasteiger partial charge on any atom is 0.0926 e. The molecule has 17 heavy (non-hydrogen) atoms. The number of aromatic nitrogens is 4. The molecule has 5 heteroatoms. The fraction of sp³-hybridized carbons (Fsp3) is 0.333. The van der Waals surface area contributed by atoms with Gasteiger partial charge in [0, 0.05) is 30.4 Å². The number of hydrogen-bond acceptors (Lipinski definition) is 3. The minimum atomic E-state index is 0.156. The second-order valence-electron chi connectivity index (χ2n) is 4.19. The Kier molecular flexibility index (Phi) is 2.53. The van der Waals surface area contributed by atoms with Crippen LogP contribution in [0.2, 0.25) is 0 Å². The van der Waals surface area contributed by atoms with Gasteiger partial charge >= 0.3 is 0 Å². The Morgan fingerprint density at radius 1 is 1.59 bits per heavy atom. The highest BCUT2D eigenvalue weighted by molar-refractivity contribution is 5.29. The Hall–Kier alpha value is -1.88. The molecule has 1 aliphatic heterocycles. The van der Waals surface area contributed by atoms with Crippen LogP contribution in [0.25, 0.3) is 0 Å². The van der Waals surface area contributed by atoms with Gasteiger partial charge in [0.05, 0.1) is 30.8 Å². The van der Waals surface area contributed by atoms with Gasteiger partial charge in [-0.1, -0.05) is 6.08 Å². The molecule has 1 unspecified atom stereocenters. The van der Waals surface area contributed by atoms with Crippen molar-refractivity contribution in [2.45, 2.75) is 19.0 Å². The predicted molar refractivity (Wildman–Crippen MR) is 64.6 cm³/mol. The molecule has 0 fully saturated rings. The smallest absolute Gasteiger partial charge is 0.0926 e. The van der Waals surface area contributed by atoms with Gasteiger partial charge < -0.3 is 10.3 Å². The van der Waals surface area contributed by atoms with E-state index in [2.05, 4.69) is 27.0 Å². The molecule has 1 aliphatic rings. The van der Waals surface area contributed by atoms with Crippen LogP contribution in [-0.4, -0.2) is 26.3 Å². The summed E-state index contributed by atoms with van der Waals surface area (Å²) in [7, 11) is 0. The first-order chi connectivity index (χ1) is 8.38. The minimum Gasteiger partial charge on any atom is -0.348 e. The summed E-state index contributed by atoms with van der Waals surface area (Å²) in [6.07, 6.45) is 8.55. The summed E-state index contributed by atoms with van der Waals surface area (Å²) in [6, 6.07) is 0.156. The van der Waals surface area contributed by atoms with Crippen LogP contribution in [0, 0.1) is 0 Å². The van der Waals surface area contributed by atoms with E-state index in [0.717, 1.165) is 30.8 Å². The molecule has 3 rings (SSSR count). The Labute approximate surface area is 99.6 Å². The second-order valence-corrected chi connectivity index (χ2v) is 4.19. The van der Waals surface area contributed by atoms with Crippen LogP contribution in [0.15, 0.2) is 31.4 Å². The predicted octanol–water partition coefficient (Wildman–Crippen LogP) is 1.03. The molecule has 0 spiro atoms. The summed E-state index contributed by atoms with van der Waals surface area (Å²) >= 11 is 0. The number of H-pyrrole nitrogens is 1. The molecule has 0 amide bonds. The first kappa shape index (κ1) is 10.3. The van der Waals surface area contributed by atoms with Crippen molar-refractivity contribution >= 4 is 0 Å². The summed E-state index contributed by atoms with van der Waals surface area (Å²) in [5.41, 5.74) is 3.47. The summed E-state index contributed by atoms with van der Waals surface area (Å²) in [5.74, 6) is 0. The summed E-state index contributed by atoms with van der Waals surface area (Å²) in [4.78, 5) is 7.59.